The molecule has 4 nitrogen and oxygen atoms in total. The van der Waals surface area contributed by atoms with Crippen LogP contribution in [0.2, 0.25) is 5.02 Å². The van der Waals surface area contributed by atoms with Gasteiger partial charge in [0.1, 0.15) is 6.04 Å². The van der Waals surface area contributed by atoms with Gasteiger partial charge in [0.2, 0.25) is 11.8 Å². The van der Waals surface area contributed by atoms with E-state index in [0.717, 1.165) is 11.1 Å². The van der Waals surface area contributed by atoms with Crippen molar-refractivity contribution in [2.75, 3.05) is 5.32 Å². The van der Waals surface area contributed by atoms with Crippen LogP contribution in [0.15, 0.2) is 48.5 Å². The molecule has 26 heavy (non-hydrogen) atoms. The molecule has 1 N–H and O–H groups in total. The summed E-state index contributed by atoms with van der Waals surface area (Å²) >= 11 is 5.90. The molecule has 2 aromatic carbocycles. The summed E-state index contributed by atoms with van der Waals surface area (Å²) in [4.78, 5) is 27.4. The van der Waals surface area contributed by atoms with Crippen molar-refractivity contribution in [2.24, 2.45) is 5.92 Å². The fourth-order valence-corrected chi connectivity index (χ4v) is 3.37. The van der Waals surface area contributed by atoms with E-state index < -0.39 is 6.04 Å². The Balaban J connectivity index is 1.84. The van der Waals surface area contributed by atoms with E-state index >= 15 is 0 Å². The second kappa shape index (κ2) is 7.92. The van der Waals surface area contributed by atoms with Crippen LogP contribution in [0.25, 0.3) is 0 Å². The number of halogens is 1. The first-order chi connectivity index (χ1) is 12.4. The standard InChI is InChI=1S/C21H23ClN2O2/c1-14(2)11-20(25)24-13-16-6-4-3-5-15(16)12-19(24)21(26)23-18-9-7-17(22)8-10-18/h3-10,14,19H,11-13H2,1-2H3,(H,23,26). The number of nitrogens with one attached hydrogen (secondary N) is 1. The van der Waals surface area contributed by atoms with Crippen LogP contribution < -0.4 is 5.32 Å². The third-order valence-electron chi connectivity index (χ3n) is 4.57. The first-order valence-corrected chi connectivity index (χ1v) is 9.24. The van der Waals surface area contributed by atoms with Crippen molar-refractivity contribution in [3.8, 4) is 0 Å². The van der Waals surface area contributed by atoms with Crippen LogP contribution in [0.3, 0.4) is 0 Å². The van der Waals surface area contributed by atoms with Crippen molar-refractivity contribution in [2.45, 2.75) is 39.3 Å². The van der Waals surface area contributed by atoms with Gasteiger partial charge in [-0.05, 0) is 41.3 Å². The topological polar surface area (TPSA) is 49.4 Å². The maximum Gasteiger partial charge on any atom is 0.247 e. The minimum absolute atomic E-state index is 0.0192. The Hall–Kier alpha value is -2.33. The highest BCUT2D eigenvalue weighted by Crippen LogP contribution is 2.26. The molecule has 1 aliphatic heterocycles. The highest BCUT2D eigenvalue weighted by Gasteiger charge is 2.34. The van der Waals surface area contributed by atoms with Gasteiger partial charge < -0.3 is 10.2 Å². The zero-order chi connectivity index (χ0) is 18.7. The normalized spacial score (nSPS) is 16.3. The summed E-state index contributed by atoms with van der Waals surface area (Å²) in [6, 6.07) is 14.5. The van der Waals surface area contributed by atoms with E-state index in [1.807, 2.05) is 38.1 Å². The van der Waals surface area contributed by atoms with Crippen LogP contribution in [-0.2, 0) is 22.6 Å². The van der Waals surface area contributed by atoms with E-state index in [0.29, 0.717) is 30.1 Å². The van der Waals surface area contributed by atoms with Crippen molar-refractivity contribution < 1.29 is 9.59 Å². The van der Waals surface area contributed by atoms with E-state index in [4.69, 9.17) is 11.6 Å². The van der Waals surface area contributed by atoms with E-state index in [1.54, 1.807) is 29.2 Å². The molecular formula is C21H23ClN2O2. The molecule has 0 saturated carbocycles. The number of carbonyl (C=O) groups is 2. The van der Waals surface area contributed by atoms with Gasteiger partial charge >= 0.3 is 0 Å². The maximum absolute atomic E-state index is 12.9. The third-order valence-corrected chi connectivity index (χ3v) is 4.82. The molecule has 2 aromatic rings. The molecular weight excluding hydrogens is 348 g/mol. The molecule has 1 atom stereocenters. The molecule has 0 saturated heterocycles. The number of rotatable bonds is 4. The summed E-state index contributed by atoms with van der Waals surface area (Å²) in [5.74, 6) is 0.101. The van der Waals surface area contributed by atoms with Crippen molar-refractivity contribution in [3.63, 3.8) is 0 Å². The van der Waals surface area contributed by atoms with Gasteiger partial charge in [0, 0.05) is 30.1 Å². The predicted octanol–water partition coefficient (Wildman–Crippen LogP) is 4.28. The molecule has 0 bridgehead atoms. The lowest BCUT2D eigenvalue weighted by molar-refractivity contribution is -0.140. The van der Waals surface area contributed by atoms with Gasteiger partial charge in [0.25, 0.3) is 0 Å². The van der Waals surface area contributed by atoms with E-state index in [9.17, 15) is 9.59 Å². The second-order valence-corrected chi connectivity index (χ2v) is 7.54. The number of fused-ring (bicyclic) bond motifs is 1. The highest BCUT2D eigenvalue weighted by atomic mass is 35.5. The lowest BCUT2D eigenvalue weighted by Crippen LogP contribution is -2.50. The average Bonchev–Trinajstić information content (AvgIpc) is 2.62. The van der Waals surface area contributed by atoms with Gasteiger partial charge in [-0.1, -0.05) is 49.7 Å². The first kappa shape index (κ1) is 18.5. The average molecular weight is 371 g/mol. The fourth-order valence-electron chi connectivity index (χ4n) is 3.24. The molecule has 5 heteroatoms. The minimum atomic E-state index is -0.508. The van der Waals surface area contributed by atoms with Crippen molar-refractivity contribution >= 4 is 29.1 Å². The van der Waals surface area contributed by atoms with E-state index in [1.165, 1.54) is 0 Å². The Bertz CT molecular complexity index is 802. The number of carbonyl (C=O) groups excluding carboxylic acids is 2. The summed E-state index contributed by atoms with van der Waals surface area (Å²) in [6.07, 6.45) is 0.965. The number of hydrogen-bond donors (Lipinski definition) is 1. The zero-order valence-electron chi connectivity index (χ0n) is 15.0. The molecule has 0 spiro atoms. The number of anilines is 1. The minimum Gasteiger partial charge on any atom is -0.326 e. The van der Waals surface area contributed by atoms with Crippen LogP contribution in [0.5, 0.6) is 0 Å². The SMILES string of the molecule is CC(C)CC(=O)N1Cc2ccccc2CC1C(=O)Nc1ccc(Cl)cc1. The molecule has 0 fully saturated rings. The van der Waals surface area contributed by atoms with E-state index in [2.05, 4.69) is 5.32 Å². The number of nitrogens with zero attached hydrogens (tertiary/aromatic N) is 1. The van der Waals surface area contributed by atoms with Crippen LogP contribution in [0, 0.1) is 5.92 Å². The quantitative estimate of drug-likeness (QED) is 0.873. The van der Waals surface area contributed by atoms with Gasteiger partial charge in [-0.25, -0.2) is 0 Å². The molecule has 1 unspecified atom stereocenters. The summed E-state index contributed by atoms with van der Waals surface area (Å²) < 4.78 is 0. The lowest BCUT2D eigenvalue weighted by atomic mass is 9.92. The fraction of sp³-hybridized carbons (Fsp3) is 0.333. The summed E-state index contributed by atoms with van der Waals surface area (Å²) in [6.45, 7) is 4.50. The van der Waals surface area contributed by atoms with Crippen molar-refractivity contribution in [1.82, 2.24) is 4.90 Å². The van der Waals surface area contributed by atoms with Gasteiger partial charge in [0.15, 0.2) is 0 Å². The van der Waals surface area contributed by atoms with Gasteiger partial charge in [-0.15, -0.1) is 0 Å². The Labute approximate surface area is 159 Å². The summed E-state index contributed by atoms with van der Waals surface area (Å²) in [7, 11) is 0. The molecule has 2 amide bonds. The molecule has 136 valence electrons. The second-order valence-electron chi connectivity index (χ2n) is 7.10. The Morgan fingerprint density at radius 2 is 1.77 bits per heavy atom. The molecule has 0 radical (unpaired) electrons. The maximum atomic E-state index is 12.9. The predicted molar refractivity (Wildman–Crippen MR) is 104 cm³/mol. The largest absolute Gasteiger partial charge is 0.326 e. The van der Waals surface area contributed by atoms with Crippen molar-refractivity contribution in [1.29, 1.82) is 0 Å². The molecule has 3 rings (SSSR count). The Morgan fingerprint density at radius 1 is 1.12 bits per heavy atom. The summed E-state index contributed by atoms with van der Waals surface area (Å²) in [5, 5.41) is 3.53. The summed E-state index contributed by atoms with van der Waals surface area (Å²) in [5.41, 5.74) is 2.91. The third kappa shape index (κ3) is 4.25. The van der Waals surface area contributed by atoms with Crippen LogP contribution in [0.1, 0.15) is 31.4 Å². The first-order valence-electron chi connectivity index (χ1n) is 8.86. The molecule has 0 aliphatic carbocycles. The van der Waals surface area contributed by atoms with Gasteiger partial charge in [0.05, 0.1) is 0 Å². The zero-order valence-corrected chi connectivity index (χ0v) is 15.8. The molecule has 0 aromatic heterocycles. The Morgan fingerprint density at radius 3 is 2.42 bits per heavy atom. The molecule has 1 heterocycles. The van der Waals surface area contributed by atoms with Gasteiger partial charge in [-0.3, -0.25) is 9.59 Å². The Kier molecular flexibility index (Phi) is 5.62. The van der Waals surface area contributed by atoms with E-state index in [-0.39, 0.29) is 17.7 Å². The highest BCUT2D eigenvalue weighted by molar-refractivity contribution is 6.30. The smallest absolute Gasteiger partial charge is 0.247 e. The number of amides is 2. The monoisotopic (exact) mass is 370 g/mol. The number of hydrogen-bond acceptors (Lipinski definition) is 2. The van der Waals surface area contributed by atoms with Gasteiger partial charge in [-0.2, -0.15) is 0 Å². The lowest BCUT2D eigenvalue weighted by Gasteiger charge is -2.36. The molecule has 1 aliphatic rings. The van der Waals surface area contributed by atoms with Crippen LogP contribution >= 0.6 is 11.6 Å². The van der Waals surface area contributed by atoms with Crippen LogP contribution in [-0.4, -0.2) is 22.8 Å². The van der Waals surface area contributed by atoms with Crippen molar-refractivity contribution in [3.05, 3.63) is 64.7 Å². The van der Waals surface area contributed by atoms with Crippen LogP contribution in [0.4, 0.5) is 5.69 Å². The number of benzene rings is 2.